The van der Waals surface area contributed by atoms with Gasteiger partial charge in [-0.15, -0.1) is 0 Å². The summed E-state index contributed by atoms with van der Waals surface area (Å²) in [6.07, 6.45) is 0. The Morgan fingerprint density at radius 3 is 2.71 bits per heavy atom. The Morgan fingerprint density at radius 2 is 2.00 bits per heavy atom. The van der Waals surface area contributed by atoms with E-state index in [1.54, 1.807) is 25.2 Å². The summed E-state index contributed by atoms with van der Waals surface area (Å²) < 4.78 is 32.4. The van der Waals surface area contributed by atoms with Gasteiger partial charge in [-0.05, 0) is 38.2 Å². The van der Waals surface area contributed by atoms with Gasteiger partial charge in [-0.3, -0.25) is 0 Å². The number of hydrogen-bond acceptors (Lipinski definition) is 2. The normalized spacial score (nSPS) is 12.2. The van der Waals surface area contributed by atoms with Crippen LogP contribution in [0.1, 0.15) is 24.1 Å². The van der Waals surface area contributed by atoms with Gasteiger partial charge in [0.15, 0.2) is 0 Å². The maximum atomic E-state index is 13.4. The number of benzene rings is 2. The summed E-state index contributed by atoms with van der Waals surface area (Å²) in [5.41, 5.74) is 1.24. The van der Waals surface area contributed by atoms with Crippen LogP contribution >= 0.6 is 11.6 Å². The lowest BCUT2D eigenvalue weighted by Crippen LogP contribution is -2.14. The smallest absolute Gasteiger partial charge is 0.142 e. The molecule has 2 aromatic rings. The first-order valence-electron chi connectivity index (χ1n) is 6.55. The van der Waals surface area contributed by atoms with Crippen LogP contribution in [0.2, 0.25) is 5.02 Å². The fourth-order valence-electron chi connectivity index (χ4n) is 1.96. The zero-order valence-corrected chi connectivity index (χ0v) is 12.5. The van der Waals surface area contributed by atoms with Crippen LogP contribution in [0.25, 0.3) is 0 Å². The van der Waals surface area contributed by atoms with Gasteiger partial charge in [0.1, 0.15) is 24.0 Å². The molecule has 1 unspecified atom stereocenters. The highest BCUT2D eigenvalue weighted by atomic mass is 35.5. The van der Waals surface area contributed by atoms with Gasteiger partial charge in [0.25, 0.3) is 0 Å². The molecule has 0 saturated heterocycles. The van der Waals surface area contributed by atoms with E-state index in [0.717, 1.165) is 0 Å². The molecule has 0 radical (unpaired) electrons. The van der Waals surface area contributed by atoms with Crippen LogP contribution in [-0.2, 0) is 6.61 Å². The lowest BCUT2D eigenvalue weighted by molar-refractivity contribution is 0.299. The molecule has 0 bridgehead atoms. The van der Waals surface area contributed by atoms with Crippen LogP contribution in [0.4, 0.5) is 8.78 Å². The Bertz CT molecular complexity index is 634. The van der Waals surface area contributed by atoms with E-state index in [9.17, 15) is 8.78 Å². The molecule has 0 heterocycles. The number of ether oxygens (including phenoxy) is 1. The topological polar surface area (TPSA) is 21.3 Å². The first kappa shape index (κ1) is 15.7. The molecule has 0 aliphatic heterocycles. The second-order valence-corrected chi connectivity index (χ2v) is 5.07. The maximum absolute atomic E-state index is 13.4. The third kappa shape index (κ3) is 3.71. The lowest BCUT2D eigenvalue weighted by Gasteiger charge is -2.17. The van der Waals surface area contributed by atoms with E-state index in [4.69, 9.17) is 16.3 Å². The van der Waals surface area contributed by atoms with Gasteiger partial charge < -0.3 is 10.1 Å². The summed E-state index contributed by atoms with van der Waals surface area (Å²) >= 11 is 5.89. The number of hydrogen-bond donors (Lipinski definition) is 1. The standard InChI is InChI=1S/C16H16ClF2NO/c1-10(20-2)13-8-12(18)6-7-15(13)21-9-11-4-3-5-14(19)16(11)17/h3-8,10,20H,9H2,1-2H3. The Labute approximate surface area is 127 Å². The van der Waals surface area contributed by atoms with Gasteiger partial charge in [0.2, 0.25) is 0 Å². The molecule has 0 saturated carbocycles. The van der Waals surface area contributed by atoms with Crippen molar-refractivity contribution in [3.05, 3.63) is 64.2 Å². The van der Waals surface area contributed by atoms with Gasteiger partial charge in [-0.1, -0.05) is 23.7 Å². The molecule has 2 rings (SSSR count). The van der Waals surface area contributed by atoms with E-state index in [1.807, 2.05) is 6.92 Å². The predicted octanol–water partition coefficient (Wildman–Crippen LogP) is 4.48. The predicted molar refractivity (Wildman–Crippen MR) is 79.6 cm³/mol. The van der Waals surface area contributed by atoms with Crippen LogP contribution in [0.15, 0.2) is 36.4 Å². The highest BCUT2D eigenvalue weighted by Gasteiger charge is 2.13. The minimum atomic E-state index is -0.485. The molecule has 5 heteroatoms. The van der Waals surface area contributed by atoms with Crippen molar-refractivity contribution < 1.29 is 13.5 Å². The monoisotopic (exact) mass is 311 g/mol. The van der Waals surface area contributed by atoms with Crippen molar-refractivity contribution in [3.8, 4) is 5.75 Å². The highest BCUT2D eigenvalue weighted by Crippen LogP contribution is 2.28. The van der Waals surface area contributed by atoms with Gasteiger partial charge in [0, 0.05) is 17.2 Å². The minimum Gasteiger partial charge on any atom is -0.489 e. The molecule has 0 aliphatic carbocycles. The van der Waals surface area contributed by atoms with Gasteiger partial charge >= 0.3 is 0 Å². The number of halogens is 3. The Kier molecular flexibility index (Phi) is 5.15. The Hall–Kier alpha value is -1.65. The van der Waals surface area contributed by atoms with E-state index in [1.165, 1.54) is 18.2 Å². The molecule has 2 aromatic carbocycles. The number of rotatable bonds is 5. The van der Waals surface area contributed by atoms with Crippen LogP contribution in [0, 0.1) is 11.6 Å². The molecule has 21 heavy (non-hydrogen) atoms. The summed E-state index contributed by atoms with van der Waals surface area (Å²) in [5, 5.41) is 3.08. The van der Waals surface area contributed by atoms with E-state index >= 15 is 0 Å². The second kappa shape index (κ2) is 6.87. The SMILES string of the molecule is CNC(C)c1cc(F)ccc1OCc1cccc(F)c1Cl. The summed E-state index contributed by atoms with van der Waals surface area (Å²) in [7, 11) is 1.78. The fourth-order valence-corrected chi connectivity index (χ4v) is 2.14. The zero-order chi connectivity index (χ0) is 15.4. The average molecular weight is 312 g/mol. The van der Waals surface area contributed by atoms with Crippen LogP contribution < -0.4 is 10.1 Å². The first-order chi connectivity index (χ1) is 10.0. The molecular weight excluding hydrogens is 296 g/mol. The number of nitrogens with one attached hydrogen (secondary N) is 1. The Balaban J connectivity index is 2.22. The van der Waals surface area contributed by atoms with Gasteiger partial charge in [-0.25, -0.2) is 8.78 Å². The van der Waals surface area contributed by atoms with E-state index in [-0.39, 0.29) is 23.5 Å². The second-order valence-electron chi connectivity index (χ2n) is 4.69. The molecule has 1 atom stereocenters. The van der Waals surface area contributed by atoms with Crippen molar-refractivity contribution in [1.82, 2.24) is 5.32 Å². The average Bonchev–Trinajstić information content (AvgIpc) is 2.49. The lowest BCUT2D eigenvalue weighted by atomic mass is 10.1. The minimum absolute atomic E-state index is 0.0443. The zero-order valence-electron chi connectivity index (χ0n) is 11.8. The van der Waals surface area contributed by atoms with Crippen LogP contribution in [0.5, 0.6) is 5.75 Å². The quantitative estimate of drug-likeness (QED) is 0.879. The van der Waals surface area contributed by atoms with E-state index in [2.05, 4.69) is 5.32 Å². The van der Waals surface area contributed by atoms with E-state index < -0.39 is 5.82 Å². The maximum Gasteiger partial charge on any atom is 0.142 e. The molecule has 0 spiro atoms. The summed E-state index contributed by atoms with van der Waals surface area (Å²) in [5.74, 6) is -0.275. The third-order valence-corrected chi connectivity index (χ3v) is 3.71. The molecule has 1 N–H and O–H groups in total. The summed E-state index contributed by atoms with van der Waals surface area (Å²) in [6.45, 7) is 2.02. The van der Waals surface area contributed by atoms with Gasteiger partial charge in [0.05, 0.1) is 5.02 Å². The first-order valence-corrected chi connectivity index (χ1v) is 6.93. The fraction of sp³-hybridized carbons (Fsp3) is 0.250. The largest absolute Gasteiger partial charge is 0.489 e. The summed E-state index contributed by atoms with van der Waals surface area (Å²) in [6, 6.07) is 8.79. The van der Waals surface area contributed by atoms with Gasteiger partial charge in [-0.2, -0.15) is 0 Å². The van der Waals surface area contributed by atoms with Crippen molar-refractivity contribution in [2.75, 3.05) is 7.05 Å². The van der Waals surface area contributed by atoms with Crippen molar-refractivity contribution in [2.45, 2.75) is 19.6 Å². The molecule has 0 aliphatic rings. The molecule has 0 aromatic heterocycles. The highest BCUT2D eigenvalue weighted by molar-refractivity contribution is 6.31. The Morgan fingerprint density at radius 1 is 1.24 bits per heavy atom. The van der Waals surface area contributed by atoms with Crippen LogP contribution in [0.3, 0.4) is 0 Å². The third-order valence-electron chi connectivity index (χ3n) is 3.29. The van der Waals surface area contributed by atoms with Crippen molar-refractivity contribution in [1.29, 1.82) is 0 Å². The van der Waals surface area contributed by atoms with Crippen LogP contribution in [-0.4, -0.2) is 7.05 Å². The molecule has 0 fully saturated rings. The summed E-state index contributed by atoms with van der Waals surface area (Å²) in [4.78, 5) is 0. The van der Waals surface area contributed by atoms with Crippen molar-refractivity contribution >= 4 is 11.6 Å². The molecule has 2 nitrogen and oxygen atoms in total. The van der Waals surface area contributed by atoms with E-state index in [0.29, 0.717) is 16.9 Å². The molecular formula is C16H16ClF2NO. The molecule has 0 amide bonds. The molecule has 112 valence electrons. The van der Waals surface area contributed by atoms with Crippen molar-refractivity contribution in [2.24, 2.45) is 0 Å². The van der Waals surface area contributed by atoms with Crippen molar-refractivity contribution in [3.63, 3.8) is 0 Å².